The van der Waals surface area contributed by atoms with Gasteiger partial charge in [-0.2, -0.15) is 0 Å². The zero-order chi connectivity index (χ0) is 13.5. The summed E-state index contributed by atoms with van der Waals surface area (Å²) in [4.78, 5) is 8.24. The van der Waals surface area contributed by atoms with Gasteiger partial charge in [-0.1, -0.05) is 12.1 Å². The van der Waals surface area contributed by atoms with E-state index in [1.165, 1.54) is 5.56 Å². The normalized spacial score (nSPS) is 10.0. The third kappa shape index (κ3) is 3.82. The Morgan fingerprint density at radius 1 is 1.26 bits per heavy atom. The fraction of sp³-hybridized carbons (Fsp3) is 0.231. The van der Waals surface area contributed by atoms with Crippen molar-refractivity contribution < 1.29 is 4.74 Å². The second-order valence-corrected chi connectivity index (χ2v) is 3.96. The van der Waals surface area contributed by atoms with E-state index in [1.54, 1.807) is 19.5 Å². The molecule has 0 aliphatic rings. The minimum atomic E-state index is 0.534. The first-order valence-electron chi connectivity index (χ1n) is 5.97. The van der Waals surface area contributed by atoms with Crippen molar-refractivity contribution in [3.05, 3.63) is 42.2 Å². The number of rotatable bonds is 6. The van der Waals surface area contributed by atoms with E-state index in [0.29, 0.717) is 11.6 Å². The van der Waals surface area contributed by atoms with Crippen LogP contribution in [0.2, 0.25) is 0 Å². The van der Waals surface area contributed by atoms with Gasteiger partial charge in [0.05, 0.1) is 19.5 Å². The lowest BCUT2D eigenvalue weighted by atomic mass is 10.1. The van der Waals surface area contributed by atoms with Gasteiger partial charge in [0.15, 0.2) is 5.82 Å². The molecule has 100 valence electrons. The van der Waals surface area contributed by atoms with Gasteiger partial charge in [-0.25, -0.2) is 10.8 Å². The van der Waals surface area contributed by atoms with E-state index in [4.69, 9.17) is 10.6 Å². The van der Waals surface area contributed by atoms with E-state index in [9.17, 15) is 0 Å². The van der Waals surface area contributed by atoms with Crippen molar-refractivity contribution in [3.8, 4) is 5.75 Å². The minimum absolute atomic E-state index is 0.534. The quantitative estimate of drug-likeness (QED) is 0.537. The molecule has 4 N–H and O–H groups in total. The van der Waals surface area contributed by atoms with Crippen LogP contribution in [0.25, 0.3) is 0 Å². The molecule has 1 aromatic heterocycles. The van der Waals surface area contributed by atoms with Crippen LogP contribution in [0.4, 0.5) is 11.6 Å². The molecular formula is C13H17N5O. The average molecular weight is 259 g/mol. The lowest BCUT2D eigenvalue weighted by Crippen LogP contribution is -2.11. The molecule has 0 fully saturated rings. The highest BCUT2D eigenvalue weighted by molar-refractivity contribution is 5.40. The highest BCUT2D eigenvalue weighted by atomic mass is 16.5. The predicted octanol–water partition coefficient (Wildman–Crippen LogP) is 1.43. The van der Waals surface area contributed by atoms with Crippen LogP contribution >= 0.6 is 0 Å². The van der Waals surface area contributed by atoms with Crippen molar-refractivity contribution in [2.24, 2.45) is 5.84 Å². The van der Waals surface area contributed by atoms with E-state index < -0.39 is 0 Å². The van der Waals surface area contributed by atoms with E-state index in [1.807, 2.05) is 18.2 Å². The van der Waals surface area contributed by atoms with Gasteiger partial charge >= 0.3 is 0 Å². The zero-order valence-corrected chi connectivity index (χ0v) is 10.8. The summed E-state index contributed by atoms with van der Waals surface area (Å²) >= 11 is 0. The van der Waals surface area contributed by atoms with Crippen molar-refractivity contribution in [1.82, 2.24) is 9.97 Å². The van der Waals surface area contributed by atoms with Crippen LogP contribution in [0.5, 0.6) is 5.75 Å². The Labute approximate surface area is 112 Å². The van der Waals surface area contributed by atoms with Gasteiger partial charge in [0.2, 0.25) is 0 Å². The van der Waals surface area contributed by atoms with Crippen LogP contribution in [-0.4, -0.2) is 23.6 Å². The fourth-order valence-corrected chi connectivity index (χ4v) is 1.68. The third-order valence-electron chi connectivity index (χ3n) is 2.64. The number of hydrogen-bond donors (Lipinski definition) is 3. The molecule has 0 saturated heterocycles. The minimum Gasteiger partial charge on any atom is -0.497 e. The molecule has 6 heteroatoms. The van der Waals surface area contributed by atoms with Crippen molar-refractivity contribution >= 4 is 11.6 Å². The number of nitrogens with one attached hydrogen (secondary N) is 2. The maximum absolute atomic E-state index is 5.28. The van der Waals surface area contributed by atoms with Gasteiger partial charge in [-0.15, -0.1) is 0 Å². The Balaban J connectivity index is 1.88. The second-order valence-electron chi connectivity index (χ2n) is 3.96. The number of nitrogens with two attached hydrogens (primary N) is 1. The second kappa shape index (κ2) is 6.55. The SMILES string of the molecule is COc1cccc(CCNc2cncc(NN)n2)c1. The molecule has 0 atom stereocenters. The smallest absolute Gasteiger partial charge is 0.160 e. The number of nitrogen functional groups attached to an aromatic ring is 1. The number of benzene rings is 1. The number of anilines is 2. The number of methoxy groups -OCH3 is 1. The van der Waals surface area contributed by atoms with Gasteiger partial charge in [-0.3, -0.25) is 4.98 Å². The Kier molecular flexibility index (Phi) is 4.52. The monoisotopic (exact) mass is 259 g/mol. The maximum atomic E-state index is 5.28. The molecule has 2 aromatic rings. The summed E-state index contributed by atoms with van der Waals surface area (Å²) < 4.78 is 5.18. The van der Waals surface area contributed by atoms with Crippen LogP contribution in [0.3, 0.4) is 0 Å². The molecule has 0 saturated carbocycles. The van der Waals surface area contributed by atoms with Gasteiger partial charge in [0, 0.05) is 6.54 Å². The van der Waals surface area contributed by atoms with E-state index in [2.05, 4.69) is 26.8 Å². The summed E-state index contributed by atoms with van der Waals surface area (Å²) in [6.45, 7) is 0.760. The van der Waals surface area contributed by atoms with E-state index >= 15 is 0 Å². The Morgan fingerprint density at radius 2 is 2.11 bits per heavy atom. The van der Waals surface area contributed by atoms with Crippen LogP contribution in [0.1, 0.15) is 5.56 Å². The molecule has 6 nitrogen and oxygen atoms in total. The molecule has 0 aliphatic heterocycles. The largest absolute Gasteiger partial charge is 0.497 e. The molecule has 0 unspecified atom stereocenters. The molecule has 0 aliphatic carbocycles. The zero-order valence-electron chi connectivity index (χ0n) is 10.8. The summed E-state index contributed by atoms with van der Waals surface area (Å²) in [5, 5.41) is 3.20. The van der Waals surface area contributed by atoms with Crippen molar-refractivity contribution in [2.45, 2.75) is 6.42 Å². The third-order valence-corrected chi connectivity index (χ3v) is 2.64. The van der Waals surface area contributed by atoms with Crippen LogP contribution in [0.15, 0.2) is 36.7 Å². The van der Waals surface area contributed by atoms with Gasteiger partial charge < -0.3 is 15.5 Å². The maximum Gasteiger partial charge on any atom is 0.160 e. The molecule has 19 heavy (non-hydrogen) atoms. The number of aromatic nitrogens is 2. The Hall–Kier alpha value is -2.34. The Morgan fingerprint density at radius 3 is 2.89 bits per heavy atom. The van der Waals surface area contributed by atoms with Gasteiger partial charge in [-0.05, 0) is 24.1 Å². The molecule has 1 aromatic carbocycles. The molecule has 0 amide bonds. The summed E-state index contributed by atoms with van der Waals surface area (Å²) in [5.74, 6) is 7.37. The first kappa shape index (κ1) is 13.1. The number of nitrogens with zero attached hydrogens (tertiary/aromatic N) is 2. The highest BCUT2D eigenvalue weighted by Gasteiger charge is 1.98. The molecule has 0 bridgehead atoms. The molecular weight excluding hydrogens is 242 g/mol. The van der Waals surface area contributed by atoms with Crippen LogP contribution in [0, 0.1) is 0 Å². The summed E-state index contributed by atoms with van der Waals surface area (Å²) in [7, 11) is 1.66. The first-order valence-corrected chi connectivity index (χ1v) is 5.97. The van der Waals surface area contributed by atoms with Crippen molar-refractivity contribution in [1.29, 1.82) is 0 Å². The number of hydrazine groups is 1. The number of ether oxygens (including phenoxy) is 1. The highest BCUT2D eigenvalue weighted by Crippen LogP contribution is 2.13. The number of hydrogen-bond acceptors (Lipinski definition) is 6. The summed E-state index contributed by atoms with van der Waals surface area (Å²) in [5.41, 5.74) is 3.66. The topological polar surface area (TPSA) is 85.1 Å². The van der Waals surface area contributed by atoms with E-state index in [-0.39, 0.29) is 0 Å². The summed E-state index contributed by atoms with van der Waals surface area (Å²) in [6.07, 6.45) is 4.10. The van der Waals surface area contributed by atoms with Crippen LogP contribution < -0.4 is 21.3 Å². The van der Waals surface area contributed by atoms with E-state index in [0.717, 1.165) is 18.7 Å². The first-order chi connectivity index (χ1) is 9.31. The molecule has 0 spiro atoms. The van der Waals surface area contributed by atoms with Gasteiger partial charge in [0.1, 0.15) is 11.6 Å². The molecule has 1 heterocycles. The molecule has 2 rings (SSSR count). The predicted molar refractivity (Wildman–Crippen MR) is 75.0 cm³/mol. The lowest BCUT2D eigenvalue weighted by molar-refractivity contribution is 0.414. The fourth-order valence-electron chi connectivity index (χ4n) is 1.68. The Bertz CT molecular complexity index is 484. The van der Waals surface area contributed by atoms with Crippen molar-refractivity contribution in [3.63, 3.8) is 0 Å². The standard InChI is InChI=1S/C13H17N5O/c1-19-11-4-2-3-10(7-11)5-6-16-12-8-15-9-13(17-12)18-14/h2-4,7-9H,5-6,14H2,1H3,(H2,16,17,18). The molecule has 0 radical (unpaired) electrons. The lowest BCUT2D eigenvalue weighted by Gasteiger charge is -2.07. The van der Waals surface area contributed by atoms with Gasteiger partial charge in [0.25, 0.3) is 0 Å². The van der Waals surface area contributed by atoms with Crippen molar-refractivity contribution in [2.75, 3.05) is 24.4 Å². The summed E-state index contributed by atoms with van der Waals surface area (Å²) in [6, 6.07) is 7.99. The average Bonchev–Trinajstić information content (AvgIpc) is 2.48. The van der Waals surface area contributed by atoms with Crippen LogP contribution in [-0.2, 0) is 6.42 Å².